The van der Waals surface area contributed by atoms with Gasteiger partial charge in [-0.25, -0.2) is 9.78 Å². The van der Waals surface area contributed by atoms with Crippen molar-refractivity contribution in [3.05, 3.63) is 69.2 Å². The van der Waals surface area contributed by atoms with E-state index in [-0.39, 0.29) is 12.0 Å². The molecule has 0 aliphatic carbocycles. The molecule has 0 saturated carbocycles. The van der Waals surface area contributed by atoms with Gasteiger partial charge in [0.2, 0.25) is 5.95 Å². The summed E-state index contributed by atoms with van der Waals surface area (Å²) in [4.78, 5) is 37.9. The molecule has 4 rings (SSSR count). The molecule has 0 fully saturated rings. The molecule has 1 aromatic carbocycles. The molecule has 0 spiro atoms. The van der Waals surface area contributed by atoms with E-state index in [9.17, 15) is 14.7 Å². The van der Waals surface area contributed by atoms with Crippen LogP contribution in [0.25, 0.3) is 22.3 Å². The number of hydrogen-bond acceptors (Lipinski definition) is 9. The third-order valence-electron chi connectivity index (χ3n) is 7.10. The minimum Gasteiger partial charge on any atom is -0.496 e. The first-order chi connectivity index (χ1) is 19.7. The predicted molar refractivity (Wildman–Crippen MR) is 163 cm³/mol. The zero-order valence-electron chi connectivity index (χ0n) is 24.3. The number of nitrogens with one attached hydrogen (secondary N) is 1. The van der Waals surface area contributed by atoms with Crippen molar-refractivity contribution in [2.24, 2.45) is 0 Å². The molecule has 11 heteroatoms. The highest BCUT2D eigenvalue weighted by Crippen LogP contribution is 2.35. The number of hydrogen-bond donors (Lipinski definition) is 2. The number of aryl methyl sites for hydroxylation is 3. The minimum atomic E-state index is -1.00. The van der Waals surface area contributed by atoms with Crippen LogP contribution in [0.4, 0.5) is 11.8 Å². The van der Waals surface area contributed by atoms with E-state index in [1.165, 1.54) is 18.6 Å². The topological polar surface area (TPSA) is 122 Å². The quantitative estimate of drug-likeness (QED) is 0.239. The predicted octanol–water partition coefficient (Wildman–Crippen LogP) is 5.03. The number of aromatic nitrogens is 4. The summed E-state index contributed by atoms with van der Waals surface area (Å²) in [5, 5.41) is 13.4. The molecule has 3 heterocycles. The van der Waals surface area contributed by atoms with Gasteiger partial charge in [-0.1, -0.05) is 24.3 Å². The van der Waals surface area contributed by atoms with Gasteiger partial charge in [0.25, 0.3) is 5.56 Å². The van der Waals surface area contributed by atoms with Crippen molar-refractivity contribution < 1.29 is 14.6 Å². The smallest absolute Gasteiger partial charge is 0.326 e. The lowest BCUT2D eigenvalue weighted by Gasteiger charge is -2.22. The molecule has 0 aliphatic heterocycles. The lowest BCUT2D eigenvalue weighted by atomic mass is 10.00. The SMILES string of the molecule is CCN(CC)c1ncc(-c2c(C)nsc2C)c(N[C@@H](Cc2ccc(-c3c(OC)ccn(CC)c3=O)cc2)C(=O)O)n1. The van der Waals surface area contributed by atoms with E-state index in [1.807, 2.05) is 63.8 Å². The number of benzene rings is 1. The molecule has 0 radical (unpaired) electrons. The van der Waals surface area contributed by atoms with Crippen LogP contribution in [0, 0.1) is 13.8 Å². The van der Waals surface area contributed by atoms with E-state index in [2.05, 4.69) is 14.7 Å². The van der Waals surface area contributed by atoms with Gasteiger partial charge in [0.1, 0.15) is 17.6 Å². The Labute approximate surface area is 243 Å². The van der Waals surface area contributed by atoms with Gasteiger partial charge in [-0.05, 0) is 63.3 Å². The van der Waals surface area contributed by atoms with Gasteiger partial charge in [0.15, 0.2) is 0 Å². The Kier molecular flexibility index (Phi) is 9.38. The summed E-state index contributed by atoms with van der Waals surface area (Å²) >= 11 is 1.39. The fraction of sp³-hybridized carbons (Fsp3) is 0.367. The van der Waals surface area contributed by atoms with Gasteiger partial charge in [-0.2, -0.15) is 9.36 Å². The van der Waals surface area contributed by atoms with Gasteiger partial charge < -0.3 is 24.6 Å². The first kappa shape index (κ1) is 29.7. The fourth-order valence-corrected chi connectivity index (χ4v) is 5.56. The molecule has 0 aliphatic rings. The number of nitrogens with zero attached hydrogens (tertiary/aromatic N) is 5. The Balaban J connectivity index is 1.68. The monoisotopic (exact) mass is 576 g/mol. The number of carboxylic acids is 1. The number of carboxylic acid groups (broad SMARTS) is 1. The summed E-state index contributed by atoms with van der Waals surface area (Å²) in [5.74, 6) is 0.469. The van der Waals surface area contributed by atoms with Crippen LogP contribution in [0.15, 0.2) is 47.5 Å². The van der Waals surface area contributed by atoms with Crippen molar-refractivity contribution >= 4 is 29.3 Å². The summed E-state index contributed by atoms with van der Waals surface area (Å²) in [6.07, 6.45) is 3.66. The van der Waals surface area contributed by atoms with Crippen LogP contribution in [0.2, 0.25) is 0 Å². The van der Waals surface area contributed by atoms with E-state index in [0.717, 1.165) is 40.4 Å². The lowest BCUT2D eigenvalue weighted by Crippen LogP contribution is -2.33. The highest BCUT2D eigenvalue weighted by atomic mass is 32.1. The Morgan fingerprint density at radius 3 is 2.39 bits per heavy atom. The maximum absolute atomic E-state index is 13.0. The number of pyridine rings is 1. The van der Waals surface area contributed by atoms with Crippen molar-refractivity contribution in [2.75, 3.05) is 30.4 Å². The number of ether oxygens (including phenoxy) is 1. The van der Waals surface area contributed by atoms with Crippen LogP contribution >= 0.6 is 11.5 Å². The molecule has 216 valence electrons. The molecule has 41 heavy (non-hydrogen) atoms. The van der Waals surface area contributed by atoms with Crippen LogP contribution in [-0.2, 0) is 17.8 Å². The largest absolute Gasteiger partial charge is 0.496 e. The van der Waals surface area contributed by atoms with E-state index >= 15 is 0 Å². The number of aliphatic carboxylic acids is 1. The third kappa shape index (κ3) is 6.25. The number of anilines is 2. The molecular weight excluding hydrogens is 540 g/mol. The van der Waals surface area contributed by atoms with Crippen molar-refractivity contribution in [2.45, 2.75) is 53.6 Å². The molecule has 0 amide bonds. The number of rotatable bonds is 12. The summed E-state index contributed by atoms with van der Waals surface area (Å²) in [6, 6.07) is 8.15. The second kappa shape index (κ2) is 12.9. The van der Waals surface area contributed by atoms with Gasteiger partial charge >= 0.3 is 5.97 Å². The summed E-state index contributed by atoms with van der Waals surface area (Å²) in [7, 11) is 1.54. The van der Waals surface area contributed by atoms with Crippen molar-refractivity contribution in [3.8, 4) is 28.0 Å². The number of carbonyl (C=O) groups is 1. The average molecular weight is 577 g/mol. The molecule has 2 N–H and O–H groups in total. The molecule has 0 unspecified atom stereocenters. The third-order valence-corrected chi connectivity index (χ3v) is 7.95. The zero-order valence-corrected chi connectivity index (χ0v) is 25.1. The molecule has 0 bridgehead atoms. The Hall–Kier alpha value is -4.25. The van der Waals surface area contributed by atoms with Gasteiger partial charge in [-0.15, -0.1) is 0 Å². The van der Waals surface area contributed by atoms with E-state index in [1.54, 1.807) is 23.0 Å². The van der Waals surface area contributed by atoms with Gasteiger partial charge in [-0.3, -0.25) is 4.79 Å². The van der Waals surface area contributed by atoms with Crippen molar-refractivity contribution in [1.82, 2.24) is 18.9 Å². The molecule has 3 aromatic heterocycles. The summed E-state index contributed by atoms with van der Waals surface area (Å²) < 4.78 is 11.5. The zero-order chi connectivity index (χ0) is 29.7. The molecule has 1 atom stereocenters. The van der Waals surface area contributed by atoms with Crippen LogP contribution in [-0.4, -0.2) is 56.2 Å². The first-order valence-corrected chi connectivity index (χ1v) is 14.4. The van der Waals surface area contributed by atoms with Crippen molar-refractivity contribution in [1.29, 1.82) is 0 Å². The van der Waals surface area contributed by atoms with E-state index < -0.39 is 12.0 Å². The highest BCUT2D eigenvalue weighted by molar-refractivity contribution is 7.06. The van der Waals surface area contributed by atoms with Crippen molar-refractivity contribution in [3.63, 3.8) is 0 Å². The van der Waals surface area contributed by atoms with Crippen LogP contribution in [0.3, 0.4) is 0 Å². The molecule has 4 aromatic rings. The minimum absolute atomic E-state index is 0.140. The molecule has 0 saturated heterocycles. The molecule has 10 nitrogen and oxygen atoms in total. The summed E-state index contributed by atoms with van der Waals surface area (Å²) in [6.45, 7) is 11.8. The second-order valence-corrected chi connectivity index (χ2v) is 10.6. The number of methoxy groups -OCH3 is 1. The first-order valence-electron chi connectivity index (χ1n) is 13.6. The van der Waals surface area contributed by atoms with Crippen LogP contribution < -0.4 is 20.5 Å². The maximum Gasteiger partial charge on any atom is 0.326 e. The average Bonchev–Trinajstić information content (AvgIpc) is 3.31. The highest BCUT2D eigenvalue weighted by Gasteiger charge is 2.24. The van der Waals surface area contributed by atoms with E-state index in [4.69, 9.17) is 9.72 Å². The van der Waals surface area contributed by atoms with Crippen LogP contribution in [0.1, 0.15) is 36.9 Å². The maximum atomic E-state index is 13.0. The Morgan fingerprint density at radius 2 is 1.83 bits per heavy atom. The van der Waals surface area contributed by atoms with Crippen LogP contribution in [0.5, 0.6) is 5.75 Å². The standard InChI is InChI=1S/C30H36N6O4S/c1-7-35(8-2)30-31-17-22(25-18(4)34-41-19(25)5)27(33-30)32-23(29(38)39)16-20-10-12-21(13-11-20)26-24(40-6)14-15-36(9-3)28(26)37/h10-15,17,23H,7-9,16H2,1-6H3,(H,38,39)(H,31,32,33)/t23-/m0/s1. The molecular formula is C30H36N6O4S. The second-order valence-electron chi connectivity index (χ2n) is 9.59. The lowest BCUT2D eigenvalue weighted by molar-refractivity contribution is -0.137. The Bertz CT molecular complexity index is 1560. The van der Waals surface area contributed by atoms with Gasteiger partial charge in [0, 0.05) is 54.5 Å². The normalized spacial score (nSPS) is 11.8. The fourth-order valence-electron chi connectivity index (χ4n) is 4.84. The van der Waals surface area contributed by atoms with E-state index in [0.29, 0.717) is 35.2 Å². The Morgan fingerprint density at radius 1 is 1.12 bits per heavy atom. The van der Waals surface area contributed by atoms with Gasteiger partial charge in [0.05, 0.1) is 18.4 Å². The summed E-state index contributed by atoms with van der Waals surface area (Å²) in [5.41, 5.74) is 4.30.